The van der Waals surface area contributed by atoms with Crippen molar-refractivity contribution in [2.75, 3.05) is 0 Å². The first kappa shape index (κ1) is 41.8. The van der Waals surface area contributed by atoms with Crippen LogP contribution in [0.25, 0.3) is 116 Å². The van der Waals surface area contributed by atoms with Gasteiger partial charge in [0.2, 0.25) is 0 Å². The Morgan fingerprint density at radius 3 is 1.34 bits per heavy atom. The third-order valence-corrected chi connectivity index (χ3v) is 13.1. The van der Waals surface area contributed by atoms with Gasteiger partial charge in [-0.2, -0.15) is 18.4 Å². The molecule has 0 bridgehead atoms. The number of halogens is 3. The van der Waals surface area contributed by atoms with Crippen LogP contribution in [0.5, 0.6) is 0 Å². The van der Waals surface area contributed by atoms with Crippen molar-refractivity contribution in [3.8, 4) is 73.3 Å². The minimum atomic E-state index is -4.72. The van der Waals surface area contributed by atoms with Gasteiger partial charge in [0.1, 0.15) is 11.6 Å². The van der Waals surface area contributed by atoms with Gasteiger partial charge in [-0.05, 0) is 112 Å². The number of alkyl halides is 3. The predicted molar refractivity (Wildman–Crippen MR) is 274 cm³/mol. The molecule has 4 aromatic heterocycles. The maximum absolute atomic E-state index is 14.7. The first-order chi connectivity index (χ1) is 34.2. The van der Waals surface area contributed by atoms with E-state index in [9.17, 15) is 18.4 Å². The van der Waals surface area contributed by atoms with E-state index in [0.717, 1.165) is 101 Å². The lowest BCUT2D eigenvalue weighted by Gasteiger charge is -2.19. The second kappa shape index (κ2) is 16.6. The molecule has 8 aromatic carbocycles. The molecule has 0 atom stereocenters. The average Bonchev–Trinajstić information content (AvgIpc) is 3.92. The maximum atomic E-state index is 14.7. The Morgan fingerprint density at radius 2 is 0.871 bits per heavy atom. The molecule has 12 rings (SSSR count). The lowest BCUT2D eigenvalue weighted by molar-refractivity contribution is -0.137. The summed E-state index contributed by atoms with van der Waals surface area (Å²) in [6.07, 6.45) is -1.14. The number of benzene rings is 8. The lowest BCUT2D eigenvalue weighted by atomic mass is 9.97. The Balaban J connectivity index is 1.16. The first-order valence-corrected chi connectivity index (χ1v) is 22.5. The van der Waals surface area contributed by atoms with Crippen molar-refractivity contribution >= 4 is 49.3 Å². The summed E-state index contributed by atoms with van der Waals surface area (Å²) in [5, 5.41) is 15.4. The fourth-order valence-electron chi connectivity index (χ4n) is 9.82. The van der Waals surface area contributed by atoms with Crippen LogP contribution in [0, 0.1) is 17.9 Å². The SMILES string of the molecule is [C-]#[N+]c1cc(-c2cc(-n3c4ccccc4c4ccc(-c5ccnc(-c6ccccc6)c5)cc43)c(C#N)c(-n3c4ccccc4c4ccc(-c5ccnc(-c6ccccc6)c5)cc43)c2)cc(C(F)(F)F)c1. The smallest absolute Gasteiger partial charge is 0.308 e. The average molecular weight is 909 g/mol. The second-order valence-electron chi connectivity index (χ2n) is 17.1. The van der Waals surface area contributed by atoms with Crippen molar-refractivity contribution in [3.63, 3.8) is 0 Å². The number of nitriles is 1. The van der Waals surface area contributed by atoms with Crippen LogP contribution in [-0.4, -0.2) is 19.1 Å². The summed E-state index contributed by atoms with van der Waals surface area (Å²) >= 11 is 0. The number of hydrogen-bond donors (Lipinski definition) is 0. The van der Waals surface area contributed by atoms with Crippen molar-refractivity contribution in [2.45, 2.75) is 6.18 Å². The minimum absolute atomic E-state index is 0.153. The van der Waals surface area contributed by atoms with Gasteiger partial charge in [-0.15, -0.1) is 0 Å². The van der Waals surface area contributed by atoms with Gasteiger partial charge in [0, 0.05) is 50.6 Å². The Bertz CT molecular complexity index is 3920. The second-order valence-corrected chi connectivity index (χ2v) is 17.1. The maximum Gasteiger partial charge on any atom is 0.415 e. The van der Waals surface area contributed by atoms with Gasteiger partial charge < -0.3 is 9.13 Å². The monoisotopic (exact) mass is 908 g/mol. The number of hydrogen-bond acceptors (Lipinski definition) is 3. The van der Waals surface area contributed by atoms with E-state index in [1.165, 1.54) is 6.07 Å². The Morgan fingerprint density at radius 1 is 0.429 bits per heavy atom. The molecule has 0 aliphatic carbocycles. The topological polar surface area (TPSA) is 63.8 Å². The van der Waals surface area contributed by atoms with Crippen LogP contribution < -0.4 is 0 Å². The van der Waals surface area contributed by atoms with Gasteiger partial charge in [0.15, 0.2) is 5.69 Å². The van der Waals surface area contributed by atoms with Gasteiger partial charge in [-0.25, -0.2) is 4.85 Å². The zero-order valence-electron chi connectivity index (χ0n) is 37.0. The van der Waals surface area contributed by atoms with E-state index in [1.807, 2.05) is 130 Å². The van der Waals surface area contributed by atoms with Gasteiger partial charge in [-0.1, -0.05) is 121 Å². The fraction of sp³-hybridized carbons (Fsp3) is 0.0164. The molecule has 330 valence electrons. The van der Waals surface area contributed by atoms with Gasteiger partial charge in [-0.3, -0.25) is 9.97 Å². The van der Waals surface area contributed by atoms with E-state index in [1.54, 1.807) is 24.5 Å². The Labute approximate surface area is 399 Å². The van der Waals surface area contributed by atoms with Crippen molar-refractivity contribution < 1.29 is 13.2 Å². The van der Waals surface area contributed by atoms with Crippen LogP contribution in [0.3, 0.4) is 0 Å². The van der Waals surface area contributed by atoms with Crippen LogP contribution in [-0.2, 0) is 6.18 Å². The summed E-state index contributed by atoms with van der Waals surface area (Å²) in [5.41, 5.74) is 11.2. The molecule has 0 aliphatic rings. The van der Waals surface area contributed by atoms with Gasteiger partial charge in [0.05, 0.1) is 51.4 Å². The largest absolute Gasteiger partial charge is 0.415 e. The Kier molecular flexibility index (Phi) is 9.94. The molecular formula is C61H35F3N6. The van der Waals surface area contributed by atoms with Crippen LogP contribution in [0.2, 0.25) is 0 Å². The van der Waals surface area contributed by atoms with Crippen LogP contribution >= 0.6 is 0 Å². The standard InChI is InChI=1S/C61H35F3N6/c1-66-47-29-44(28-46(36-47)61(62,63)64)45-34-59(69-55-18-10-8-16-48(55)50-22-20-40(32-57(50)69)42-24-26-67-53(30-42)38-12-4-2-5-13-38)52(37-65)60(35-45)70-56-19-11-9-17-49(56)51-23-21-41(33-58(51)70)43-25-27-68-54(31-43)39-14-6-3-7-15-39/h2-36H. The molecule has 0 amide bonds. The minimum Gasteiger partial charge on any atom is -0.308 e. The van der Waals surface area contributed by atoms with Crippen LogP contribution in [0.4, 0.5) is 18.9 Å². The first-order valence-electron chi connectivity index (χ1n) is 22.5. The summed E-state index contributed by atoms with van der Waals surface area (Å²) in [6, 6.07) is 65.9. The van der Waals surface area contributed by atoms with Crippen LogP contribution in [0.15, 0.2) is 213 Å². The predicted octanol–water partition coefficient (Wildman–Crippen LogP) is 16.4. The Hall–Kier alpha value is -9.57. The molecular weight excluding hydrogens is 874 g/mol. The lowest BCUT2D eigenvalue weighted by Crippen LogP contribution is -2.06. The summed E-state index contributed by atoms with van der Waals surface area (Å²) in [5.74, 6) is 0. The quantitative estimate of drug-likeness (QED) is 0.150. The van der Waals surface area contributed by atoms with Gasteiger partial charge >= 0.3 is 6.18 Å². The summed E-state index contributed by atoms with van der Waals surface area (Å²) in [4.78, 5) is 12.8. The molecule has 0 spiro atoms. The van der Waals surface area contributed by atoms with Crippen molar-refractivity contribution in [2.24, 2.45) is 0 Å². The molecule has 6 nitrogen and oxygen atoms in total. The van der Waals surface area contributed by atoms with Crippen molar-refractivity contribution in [1.29, 1.82) is 5.26 Å². The molecule has 12 aromatic rings. The fourth-order valence-corrected chi connectivity index (χ4v) is 9.82. The van der Waals surface area contributed by atoms with Crippen LogP contribution in [0.1, 0.15) is 11.1 Å². The van der Waals surface area contributed by atoms with Gasteiger partial charge in [0.25, 0.3) is 0 Å². The number of pyridine rings is 2. The van der Waals surface area contributed by atoms with E-state index < -0.39 is 11.7 Å². The van der Waals surface area contributed by atoms with E-state index in [4.69, 9.17) is 6.57 Å². The summed E-state index contributed by atoms with van der Waals surface area (Å²) in [6.45, 7) is 7.85. The molecule has 0 N–H and O–H groups in total. The number of para-hydroxylation sites is 2. The zero-order chi connectivity index (χ0) is 47.5. The van der Waals surface area contributed by atoms with E-state index in [0.29, 0.717) is 22.5 Å². The highest BCUT2D eigenvalue weighted by Gasteiger charge is 2.32. The van der Waals surface area contributed by atoms with Crippen molar-refractivity contribution in [1.82, 2.24) is 19.1 Å². The highest BCUT2D eigenvalue weighted by molar-refractivity contribution is 6.12. The van der Waals surface area contributed by atoms with Crippen molar-refractivity contribution in [3.05, 3.63) is 235 Å². The number of nitrogens with zero attached hydrogens (tertiary/aromatic N) is 6. The molecule has 0 radical (unpaired) electrons. The third kappa shape index (κ3) is 7.13. The molecule has 0 unspecified atom stereocenters. The van der Waals surface area contributed by atoms with E-state index >= 15 is 0 Å². The third-order valence-electron chi connectivity index (χ3n) is 13.1. The molecule has 0 saturated carbocycles. The number of rotatable bonds is 7. The highest BCUT2D eigenvalue weighted by atomic mass is 19.4. The number of aromatic nitrogens is 4. The molecule has 0 aliphatic heterocycles. The summed E-state index contributed by atoms with van der Waals surface area (Å²) in [7, 11) is 0. The molecule has 70 heavy (non-hydrogen) atoms. The molecule has 4 heterocycles. The molecule has 0 fully saturated rings. The highest BCUT2D eigenvalue weighted by Crippen LogP contribution is 2.44. The normalized spacial score (nSPS) is 11.6. The molecule has 0 saturated heterocycles. The zero-order valence-corrected chi connectivity index (χ0v) is 37.0. The molecule has 9 heteroatoms. The van der Waals surface area contributed by atoms with E-state index in [2.05, 4.69) is 69.4 Å². The number of fused-ring (bicyclic) bond motifs is 6. The summed E-state index contributed by atoms with van der Waals surface area (Å²) < 4.78 is 48.1. The van der Waals surface area contributed by atoms with E-state index in [-0.39, 0.29) is 11.3 Å².